The molecule has 2 amide bonds. The molecule has 3 aromatic rings. The Morgan fingerprint density at radius 3 is 2.09 bits per heavy atom. The van der Waals surface area contributed by atoms with Crippen LogP contribution in [0.4, 0.5) is 11.4 Å². The van der Waals surface area contributed by atoms with Crippen LogP contribution in [0.5, 0.6) is 17.2 Å². The number of benzene rings is 3. The van der Waals surface area contributed by atoms with Gasteiger partial charge in [0.15, 0.2) is 17.5 Å². The van der Waals surface area contributed by atoms with Gasteiger partial charge in [0.25, 0.3) is 11.8 Å². The molecule has 11 heteroatoms. The Balaban J connectivity index is 1.35. The Labute approximate surface area is 252 Å². The first-order valence-corrected chi connectivity index (χ1v) is 14.2. The maximum atomic E-state index is 13.8. The number of methoxy groups -OCH3 is 3. The van der Waals surface area contributed by atoms with Crippen molar-refractivity contribution in [3.8, 4) is 17.2 Å². The van der Waals surface area contributed by atoms with Crippen LogP contribution in [0.15, 0.2) is 71.8 Å². The lowest BCUT2D eigenvalue weighted by Gasteiger charge is -2.35. The molecule has 0 bridgehead atoms. The third-order valence-corrected chi connectivity index (χ3v) is 7.87. The summed E-state index contributed by atoms with van der Waals surface area (Å²) in [5.74, 6) is 1.13. The molecule has 226 valence electrons. The van der Waals surface area contributed by atoms with Gasteiger partial charge in [-0.3, -0.25) is 9.59 Å². The molecule has 43 heavy (non-hydrogen) atoms. The fraction of sp³-hybridized carbons (Fsp3) is 0.344. The zero-order chi connectivity index (χ0) is 30.5. The molecule has 11 nitrogen and oxygen atoms in total. The molecule has 1 unspecified atom stereocenters. The Bertz CT molecular complexity index is 1440. The first-order chi connectivity index (χ1) is 20.8. The second-order valence-corrected chi connectivity index (χ2v) is 10.7. The number of hydrazine groups is 1. The Hall–Kier alpha value is -4.61. The van der Waals surface area contributed by atoms with Gasteiger partial charge in [0, 0.05) is 42.4 Å². The molecule has 2 heterocycles. The molecule has 3 aromatic carbocycles. The van der Waals surface area contributed by atoms with Gasteiger partial charge in [0.2, 0.25) is 5.75 Å². The van der Waals surface area contributed by atoms with E-state index in [0.29, 0.717) is 45.9 Å². The van der Waals surface area contributed by atoms with Crippen molar-refractivity contribution in [2.24, 2.45) is 5.10 Å². The lowest BCUT2D eigenvalue weighted by molar-refractivity contribution is -0.118. The van der Waals surface area contributed by atoms with E-state index in [1.807, 2.05) is 35.2 Å². The second kappa shape index (κ2) is 13.1. The molecule has 0 saturated carbocycles. The van der Waals surface area contributed by atoms with E-state index in [0.717, 1.165) is 31.5 Å². The Morgan fingerprint density at radius 2 is 1.53 bits per heavy atom. The average Bonchev–Trinajstić information content (AvgIpc) is 3.38. The van der Waals surface area contributed by atoms with E-state index in [1.54, 1.807) is 50.6 Å². The van der Waals surface area contributed by atoms with E-state index in [1.165, 1.54) is 12.1 Å². The van der Waals surface area contributed by atoms with Crippen LogP contribution in [0.3, 0.4) is 0 Å². The first-order valence-electron chi connectivity index (χ1n) is 14.2. The Kier molecular flexibility index (Phi) is 9.13. The summed E-state index contributed by atoms with van der Waals surface area (Å²) in [7, 11) is 8.78. The zero-order valence-corrected chi connectivity index (χ0v) is 25.2. The fourth-order valence-electron chi connectivity index (χ4n) is 5.42. The number of amides is 2. The number of piperidine rings is 1. The number of hydrogen-bond acceptors (Lipinski definition) is 9. The van der Waals surface area contributed by atoms with Crippen molar-refractivity contribution in [2.75, 3.05) is 58.9 Å². The molecular formula is C32H38N6O5. The van der Waals surface area contributed by atoms with Crippen LogP contribution in [-0.4, -0.2) is 87.9 Å². The molecule has 1 fully saturated rings. The molecule has 0 spiro atoms. The maximum Gasteiger partial charge on any atom is 0.272 e. The van der Waals surface area contributed by atoms with Crippen molar-refractivity contribution in [2.45, 2.75) is 24.9 Å². The van der Waals surface area contributed by atoms with Crippen LogP contribution >= 0.6 is 0 Å². The van der Waals surface area contributed by atoms with Gasteiger partial charge in [-0.1, -0.05) is 30.3 Å². The molecule has 0 aromatic heterocycles. The predicted octanol–water partition coefficient (Wildman–Crippen LogP) is 3.61. The monoisotopic (exact) mass is 586 g/mol. The normalized spacial score (nSPS) is 17.2. The van der Waals surface area contributed by atoms with Crippen LogP contribution < -0.4 is 30.1 Å². The standard InChI is InChI=1S/C32H38N6O5/c1-36(2)24-15-17-37(18-16-24)31(39)22-11-13-25(14-12-22)38-32(40)29(28(35-38)21-9-7-6-8-10-21)34-33-23-19-26(41-3)30(43-5)27(20-23)42-4/h6-14,19-20,24,29,33-34H,15-18H2,1-5H3. The van der Waals surface area contributed by atoms with E-state index in [2.05, 4.69) is 29.8 Å². The number of likely N-dealkylation sites (tertiary alicyclic amines) is 1. The highest BCUT2D eigenvalue weighted by molar-refractivity contribution is 6.24. The smallest absolute Gasteiger partial charge is 0.272 e. The molecule has 0 aliphatic carbocycles. The van der Waals surface area contributed by atoms with Crippen LogP contribution in [-0.2, 0) is 4.79 Å². The number of hydrogen-bond donors (Lipinski definition) is 2. The third-order valence-electron chi connectivity index (χ3n) is 7.87. The van der Waals surface area contributed by atoms with E-state index in [9.17, 15) is 9.59 Å². The number of nitrogens with zero attached hydrogens (tertiary/aromatic N) is 4. The van der Waals surface area contributed by atoms with Gasteiger partial charge >= 0.3 is 0 Å². The summed E-state index contributed by atoms with van der Waals surface area (Å²) in [4.78, 5) is 31.1. The topological polar surface area (TPSA) is 108 Å². The van der Waals surface area contributed by atoms with Crippen molar-refractivity contribution in [1.29, 1.82) is 0 Å². The molecule has 2 aliphatic heterocycles. The largest absolute Gasteiger partial charge is 0.493 e. The highest BCUT2D eigenvalue weighted by atomic mass is 16.5. The van der Waals surface area contributed by atoms with Gasteiger partial charge in [-0.25, -0.2) is 5.43 Å². The highest BCUT2D eigenvalue weighted by Crippen LogP contribution is 2.39. The minimum Gasteiger partial charge on any atom is -0.493 e. The van der Waals surface area contributed by atoms with Gasteiger partial charge in [-0.2, -0.15) is 10.1 Å². The van der Waals surface area contributed by atoms with Crippen molar-refractivity contribution in [3.63, 3.8) is 0 Å². The number of hydrazone groups is 1. The van der Waals surface area contributed by atoms with E-state index >= 15 is 0 Å². The van der Waals surface area contributed by atoms with Crippen molar-refractivity contribution in [3.05, 3.63) is 77.9 Å². The molecule has 2 N–H and O–H groups in total. The summed E-state index contributed by atoms with van der Waals surface area (Å²) in [6, 6.07) is 19.7. The molecule has 5 rings (SSSR count). The van der Waals surface area contributed by atoms with Crippen molar-refractivity contribution >= 4 is 28.9 Å². The van der Waals surface area contributed by atoms with Crippen LogP contribution in [0.2, 0.25) is 0 Å². The summed E-state index contributed by atoms with van der Waals surface area (Å²) < 4.78 is 16.3. The Morgan fingerprint density at radius 1 is 0.907 bits per heavy atom. The average molecular weight is 587 g/mol. The summed E-state index contributed by atoms with van der Waals surface area (Å²) in [6.07, 6.45) is 1.91. The highest BCUT2D eigenvalue weighted by Gasteiger charge is 2.38. The lowest BCUT2D eigenvalue weighted by Crippen LogP contribution is -2.46. The molecule has 0 radical (unpaired) electrons. The van der Waals surface area contributed by atoms with Crippen LogP contribution in [0.25, 0.3) is 0 Å². The number of ether oxygens (including phenoxy) is 3. The van der Waals surface area contributed by atoms with E-state index in [4.69, 9.17) is 19.3 Å². The van der Waals surface area contributed by atoms with Crippen molar-refractivity contribution < 1.29 is 23.8 Å². The van der Waals surface area contributed by atoms with Gasteiger partial charge in [0.1, 0.15) is 0 Å². The zero-order valence-electron chi connectivity index (χ0n) is 25.2. The quantitative estimate of drug-likeness (QED) is 0.347. The van der Waals surface area contributed by atoms with E-state index < -0.39 is 6.04 Å². The summed E-state index contributed by atoms with van der Waals surface area (Å²) in [5.41, 5.74) is 9.35. The number of carbonyl (C=O) groups excluding carboxylic acids is 2. The van der Waals surface area contributed by atoms with Gasteiger partial charge < -0.3 is 29.4 Å². The van der Waals surface area contributed by atoms with Gasteiger partial charge in [-0.05, 0) is 51.2 Å². The van der Waals surface area contributed by atoms with E-state index in [-0.39, 0.29) is 11.8 Å². The molecule has 1 atom stereocenters. The minimum absolute atomic E-state index is 0.000860. The minimum atomic E-state index is -0.805. The summed E-state index contributed by atoms with van der Waals surface area (Å²) in [6.45, 7) is 1.45. The van der Waals surface area contributed by atoms with Gasteiger partial charge in [0.05, 0.1) is 38.4 Å². The van der Waals surface area contributed by atoms with Crippen LogP contribution in [0, 0.1) is 0 Å². The van der Waals surface area contributed by atoms with Gasteiger partial charge in [-0.15, -0.1) is 0 Å². The third kappa shape index (κ3) is 6.27. The lowest BCUT2D eigenvalue weighted by atomic mass is 10.0. The predicted molar refractivity (Wildman–Crippen MR) is 166 cm³/mol. The summed E-state index contributed by atoms with van der Waals surface area (Å²) in [5, 5.41) is 6.08. The fourth-order valence-corrected chi connectivity index (χ4v) is 5.42. The number of carbonyl (C=O) groups is 2. The number of anilines is 2. The SMILES string of the molecule is COc1cc(NNC2C(=O)N(c3ccc(C(=O)N4CCC(N(C)C)CC4)cc3)N=C2c2ccccc2)cc(OC)c1OC. The second-order valence-electron chi connectivity index (χ2n) is 10.7. The number of nitrogens with one attached hydrogen (secondary N) is 2. The first kappa shape index (κ1) is 29.9. The number of rotatable bonds is 10. The van der Waals surface area contributed by atoms with Crippen LogP contribution in [0.1, 0.15) is 28.8 Å². The molecule has 2 aliphatic rings. The maximum absolute atomic E-state index is 13.8. The summed E-state index contributed by atoms with van der Waals surface area (Å²) >= 11 is 0. The molecular weight excluding hydrogens is 548 g/mol. The molecule has 1 saturated heterocycles. The van der Waals surface area contributed by atoms with Crippen molar-refractivity contribution in [1.82, 2.24) is 15.2 Å².